The number of aromatic nitrogens is 2. The molecule has 0 saturated carbocycles. The summed E-state index contributed by atoms with van der Waals surface area (Å²) in [7, 11) is 0. The molecule has 0 aromatic carbocycles. The van der Waals surface area contributed by atoms with Crippen LogP contribution in [0.5, 0.6) is 0 Å². The summed E-state index contributed by atoms with van der Waals surface area (Å²) in [6, 6.07) is 0. The molecule has 2 fully saturated rings. The van der Waals surface area contributed by atoms with E-state index in [2.05, 4.69) is 20.4 Å². The number of hydrogen-bond donors (Lipinski definition) is 1. The predicted molar refractivity (Wildman–Crippen MR) is 77.0 cm³/mol. The van der Waals surface area contributed by atoms with Gasteiger partial charge in [-0.2, -0.15) is 4.98 Å². The Kier molecular flexibility index (Phi) is 5.77. The first-order valence-corrected chi connectivity index (χ1v) is 7.16. The number of rotatable bonds is 3. The fraction of sp³-hybridized carbons (Fsp3) is 0.846. The van der Waals surface area contributed by atoms with Gasteiger partial charge in [0.05, 0.1) is 6.61 Å². The first kappa shape index (κ1) is 15.7. The van der Waals surface area contributed by atoms with Crippen molar-refractivity contribution in [2.24, 2.45) is 5.92 Å². The van der Waals surface area contributed by atoms with Gasteiger partial charge in [0.1, 0.15) is 6.10 Å². The van der Waals surface area contributed by atoms with Crippen molar-refractivity contribution < 1.29 is 9.26 Å². The van der Waals surface area contributed by atoms with Crippen molar-refractivity contribution in [1.82, 2.24) is 20.4 Å². The lowest BCUT2D eigenvalue weighted by molar-refractivity contribution is -0.0406. The zero-order valence-corrected chi connectivity index (χ0v) is 12.7. The molecule has 0 radical (unpaired) electrons. The maximum absolute atomic E-state index is 5.76. The van der Waals surface area contributed by atoms with Crippen LogP contribution < -0.4 is 5.32 Å². The van der Waals surface area contributed by atoms with Crippen LogP contribution in [0, 0.1) is 12.8 Å². The Labute approximate surface area is 125 Å². The Balaban J connectivity index is 0.00000147. The lowest BCUT2D eigenvalue weighted by Gasteiger charge is -2.35. The van der Waals surface area contributed by atoms with Gasteiger partial charge in [-0.15, -0.1) is 12.4 Å². The van der Waals surface area contributed by atoms with Crippen molar-refractivity contribution in [3.05, 3.63) is 11.7 Å². The van der Waals surface area contributed by atoms with Crippen molar-refractivity contribution in [3.8, 4) is 0 Å². The molecule has 1 aromatic rings. The largest absolute Gasteiger partial charge is 0.367 e. The molecule has 0 amide bonds. The van der Waals surface area contributed by atoms with Crippen LogP contribution in [0.1, 0.15) is 30.7 Å². The van der Waals surface area contributed by atoms with Crippen LogP contribution in [0.3, 0.4) is 0 Å². The highest BCUT2D eigenvalue weighted by molar-refractivity contribution is 5.85. The van der Waals surface area contributed by atoms with E-state index in [0.717, 1.165) is 38.7 Å². The zero-order chi connectivity index (χ0) is 13.1. The van der Waals surface area contributed by atoms with Gasteiger partial charge in [-0.25, -0.2) is 0 Å². The molecule has 0 spiro atoms. The lowest BCUT2D eigenvalue weighted by atomic mass is 9.97. The highest BCUT2D eigenvalue weighted by Gasteiger charge is 2.27. The smallest absolute Gasteiger partial charge is 0.223 e. The van der Waals surface area contributed by atoms with E-state index in [-0.39, 0.29) is 18.5 Å². The second-order valence-electron chi connectivity index (χ2n) is 5.48. The quantitative estimate of drug-likeness (QED) is 0.904. The molecule has 1 unspecified atom stereocenters. The summed E-state index contributed by atoms with van der Waals surface area (Å²) in [6.07, 6.45) is 2.53. The minimum absolute atomic E-state index is 0. The summed E-state index contributed by atoms with van der Waals surface area (Å²) in [5, 5.41) is 7.39. The molecule has 0 aliphatic carbocycles. The standard InChI is InChI=1S/C13H22N4O2.ClH/c1-10-15-13(16-19-10)12-9-17(6-7-18-12)8-11-2-4-14-5-3-11;/h11-12,14H,2-9H2,1H3;1H. The summed E-state index contributed by atoms with van der Waals surface area (Å²) >= 11 is 0. The van der Waals surface area contributed by atoms with E-state index in [1.54, 1.807) is 0 Å². The molecule has 6 nitrogen and oxygen atoms in total. The lowest BCUT2D eigenvalue weighted by Crippen LogP contribution is -2.43. The normalized spacial score (nSPS) is 25.4. The van der Waals surface area contributed by atoms with Gasteiger partial charge in [0.2, 0.25) is 11.7 Å². The van der Waals surface area contributed by atoms with Crippen LogP contribution in [-0.4, -0.2) is 54.4 Å². The van der Waals surface area contributed by atoms with E-state index in [0.29, 0.717) is 11.7 Å². The maximum atomic E-state index is 5.76. The first-order valence-electron chi connectivity index (χ1n) is 7.16. The summed E-state index contributed by atoms with van der Waals surface area (Å²) in [5.74, 6) is 2.11. The second-order valence-corrected chi connectivity index (χ2v) is 5.48. The monoisotopic (exact) mass is 302 g/mol. The molecule has 3 rings (SSSR count). The van der Waals surface area contributed by atoms with Crippen molar-refractivity contribution in [1.29, 1.82) is 0 Å². The molecule has 3 heterocycles. The SMILES string of the molecule is Cc1nc(C2CN(CC3CCNCC3)CCO2)no1.Cl. The van der Waals surface area contributed by atoms with Gasteiger partial charge in [0, 0.05) is 26.6 Å². The van der Waals surface area contributed by atoms with Gasteiger partial charge in [-0.1, -0.05) is 5.16 Å². The summed E-state index contributed by atoms with van der Waals surface area (Å²) in [6.45, 7) is 7.93. The van der Waals surface area contributed by atoms with Gasteiger partial charge in [-0.05, 0) is 31.8 Å². The number of piperidine rings is 1. The Morgan fingerprint density at radius 2 is 2.15 bits per heavy atom. The van der Waals surface area contributed by atoms with Gasteiger partial charge < -0.3 is 14.6 Å². The first-order chi connectivity index (χ1) is 9.31. The van der Waals surface area contributed by atoms with Crippen LogP contribution in [0.4, 0.5) is 0 Å². The number of aryl methyl sites for hydroxylation is 1. The van der Waals surface area contributed by atoms with E-state index in [4.69, 9.17) is 9.26 Å². The molecular formula is C13H23ClN4O2. The van der Waals surface area contributed by atoms with Crippen molar-refractivity contribution in [2.45, 2.75) is 25.9 Å². The molecule has 20 heavy (non-hydrogen) atoms. The number of halogens is 1. The van der Waals surface area contributed by atoms with Crippen molar-refractivity contribution in [3.63, 3.8) is 0 Å². The number of morpholine rings is 1. The van der Waals surface area contributed by atoms with Gasteiger partial charge in [-0.3, -0.25) is 4.90 Å². The highest BCUT2D eigenvalue weighted by Crippen LogP contribution is 2.22. The van der Waals surface area contributed by atoms with Gasteiger partial charge in [0.25, 0.3) is 0 Å². The molecule has 114 valence electrons. The maximum Gasteiger partial charge on any atom is 0.223 e. The molecule has 2 aliphatic rings. The Morgan fingerprint density at radius 1 is 1.35 bits per heavy atom. The third-order valence-electron chi connectivity index (χ3n) is 3.96. The van der Waals surface area contributed by atoms with Gasteiger partial charge >= 0.3 is 0 Å². The van der Waals surface area contributed by atoms with E-state index in [9.17, 15) is 0 Å². The minimum atomic E-state index is -0.0343. The summed E-state index contributed by atoms with van der Waals surface area (Å²) in [5.41, 5.74) is 0. The molecule has 1 aromatic heterocycles. The molecule has 7 heteroatoms. The summed E-state index contributed by atoms with van der Waals surface area (Å²) in [4.78, 5) is 6.76. The van der Waals surface area contributed by atoms with Crippen LogP contribution in [0.15, 0.2) is 4.52 Å². The van der Waals surface area contributed by atoms with Crippen LogP contribution in [0.25, 0.3) is 0 Å². The Morgan fingerprint density at radius 3 is 2.85 bits per heavy atom. The minimum Gasteiger partial charge on any atom is -0.367 e. The molecular weight excluding hydrogens is 280 g/mol. The Hall–Kier alpha value is -0.690. The second kappa shape index (κ2) is 7.36. The molecule has 2 aliphatic heterocycles. The van der Waals surface area contributed by atoms with E-state index >= 15 is 0 Å². The summed E-state index contributed by atoms with van der Waals surface area (Å²) < 4.78 is 10.8. The average Bonchev–Trinajstić information content (AvgIpc) is 2.87. The van der Waals surface area contributed by atoms with Crippen LogP contribution in [0.2, 0.25) is 0 Å². The fourth-order valence-corrected chi connectivity index (χ4v) is 2.90. The number of hydrogen-bond acceptors (Lipinski definition) is 6. The van der Waals surface area contributed by atoms with Crippen LogP contribution >= 0.6 is 12.4 Å². The topological polar surface area (TPSA) is 63.4 Å². The van der Waals surface area contributed by atoms with Crippen LogP contribution in [-0.2, 0) is 4.74 Å². The van der Waals surface area contributed by atoms with Crippen molar-refractivity contribution >= 4 is 12.4 Å². The molecule has 0 bridgehead atoms. The molecule has 2 saturated heterocycles. The zero-order valence-electron chi connectivity index (χ0n) is 11.9. The van der Waals surface area contributed by atoms with Gasteiger partial charge in [0.15, 0.2) is 0 Å². The van der Waals surface area contributed by atoms with E-state index in [1.165, 1.54) is 19.4 Å². The number of ether oxygens (including phenoxy) is 1. The molecule has 1 N–H and O–H groups in total. The van der Waals surface area contributed by atoms with E-state index in [1.807, 2.05) is 6.92 Å². The Bertz CT molecular complexity index is 409. The van der Waals surface area contributed by atoms with Crippen molar-refractivity contribution in [2.75, 3.05) is 39.3 Å². The average molecular weight is 303 g/mol. The fourth-order valence-electron chi connectivity index (χ4n) is 2.90. The third kappa shape index (κ3) is 3.91. The third-order valence-corrected chi connectivity index (χ3v) is 3.96. The number of nitrogens with zero attached hydrogens (tertiary/aromatic N) is 3. The predicted octanol–water partition coefficient (Wildman–Crippen LogP) is 1.17. The van der Waals surface area contributed by atoms with E-state index < -0.39 is 0 Å². The number of nitrogens with one attached hydrogen (secondary N) is 1. The highest BCUT2D eigenvalue weighted by atomic mass is 35.5. The molecule has 1 atom stereocenters.